The average Bonchev–Trinajstić information content (AvgIpc) is 2.76. The Morgan fingerprint density at radius 2 is 1.96 bits per heavy atom. The number of fused-ring (bicyclic) bond motifs is 1. The van der Waals surface area contributed by atoms with Crippen molar-refractivity contribution < 1.29 is 14.3 Å². The normalized spacial score (nSPS) is 14.3. The molecule has 0 bridgehead atoms. The SMILES string of the molecule is Cc1ccccc1-c1cc(Cl)c2c(c1)CN(C(=O)OC(C)(C)C)CCO2. The van der Waals surface area contributed by atoms with Crippen molar-refractivity contribution >= 4 is 17.7 Å². The minimum absolute atomic E-state index is 0.341. The van der Waals surface area contributed by atoms with Gasteiger partial charge in [0.15, 0.2) is 0 Å². The van der Waals surface area contributed by atoms with Gasteiger partial charge >= 0.3 is 6.09 Å². The lowest BCUT2D eigenvalue weighted by Crippen LogP contribution is -2.37. The maximum absolute atomic E-state index is 12.5. The number of nitrogens with zero attached hydrogens (tertiary/aromatic N) is 1. The third-order valence-corrected chi connectivity index (χ3v) is 4.48. The predicted molar refractivity (Wildman–Crippen MR) is 104 cm³/mol. The molecule has 0 N–H and O–H groups in total. The lowest BCUT2D eigenvalue weighted by atomic mass is 9.98. The summed E-state index contributed by atoms with van der Waals surface area (Å²) in [5.74, 6) is 0.648. The minimum atomic E-state index is -0.534. The Bertz CT molecular complexity index is 826. The van der Waals surface area contributed by atoms with Crippen LogP contribution >= 0.6 is 11.6 Å². The molecule has 1 amide bonds. The molecule has 0 saturated heterocycles. The van der Waals surface area contributed by atoms with Crippen LogP contribution in [0.5, 0.6) is 5.75 Å². The number of aryl methyl sites for hydroxylation is 1. The molecular formula is C21H24ClNO3. The van der Waals surface area contributed by atoms with Gasteiger partial charge in [0.2, 0.25) is 0 Å². The first kappa shape index (κ1) is 18.6. The van der Waals surface area contributed by atoms with Crippen molar-refractivity contribution in [3.63, 3.8) is 0 Å². The second-order valence-electron chi connectivity index (χ2n) is 7.51. The zero-order valence-corrected chi connectivity index (χ0v) is 16.4. The van der Waals surface area contributed by atoms with Gasteiger partial charge in [-0.3, -0.25) is 0 Å². The number of rotatable bonds is 1. The summed E-state index contributed by atoms with van der Waals surface area (Å²) >= 11 is 6.50. The van der Waals surface area contributed by atoms with Gasteiger partial charge < -0.3 is 14.4 Å². The summed E-state index contributed by atoms with van der Waals surface area (Å²) < 4.78 is 11.3. The third kappa shape index (κ3) is 4.13. The number of carbonyl (C=O) groups is 1. The Morgan fingerprint density at radius 3 is 2.65 bits per heavy atom. The van der Waals surface area contributed by atoms with E-state index in [1.807, 2.05) is 45.0 Å². The van der Waals surface area contributed by atoms with E-state index in [1.54, 1.807) is 4.90 Å². The number of ether oxygens (including phenoxy) is 2. The molecule has 0 aromatic heterocycles. The van der Waals surface area contributed by atoms with Crippen molar-refractivity contribution in [2.45, 2.75) is 39.8 Å². The van der Waals surface area contributed by atoms with Gasteiger partial charge in [-0.05, 0) is 56.5 Å². The third-order valence-electron chi connectivity index (χ3n) is 4.20. The first-order valence-electron chi connectivity index (χ1n) is 8.74. The Labute approximate surface area is 159 Å². The maximum atomic E-state index is 12.5. The average molecular weight is 374 g/mol. The molecule has 5 heteroatoms. The molecule has 0 fully saturated rings. The maximum Gasteiger partial charge on any atom is 0.410 e. The fourth-order valence-corrected chi connectivity index (χ4v) is 3.30. The fourth-order valence-electron chi connectivity index (χ4n) is 3.01. The van der Waals surface area contributed by atoms with Crippen LogP contribution in [-0.4, -0.2) is 29.7 Å². The first-order chi connectivity index (χ1) is 12.2. The smallest absolute Gasteiger partial charge is 0.410 e. The van der Waals surface area contributed by atoms with Crippen LogP contribution < -0.4 is 4.74 Å². The van der Waals surface area contributed by atoms with Gasteiger partial charge in [-0.1, -0.05) is 35.9 Å². The molecule has 2 aromatic rings. The Balaban J connectivity index is 1.95. The fraction of sp³-hybridized carbons (Fsp3) is 0.381. The molecule has 0 unspecified atom stereocenters. The second-order valence-corrected chi connectivity index (χ2v) is 7.92. The molecular weight excluding hydrogens is 350 g/mol. The predicted octanol–water partition coefficient (Wildman–Crippen LogP) is 5.44. The van der Waals surface area contributed by atoms with Crippen LogP contribution in [-0.2, 0) is 11.3 Å². The molecule has 1 aliphatic heterocycles. The van der Waals surface area contributed by atoms with Crippen molar-refractivity contribution in [1.29, 1.82) is 0 Å². The van der Waals surface area contributed by atoms with E-state index >= 15 is 0 Å². The van der Waals surface area contributed by atoms with E-state index in [2.05, 4.69) is 19.1 Å². The number of amides is 1. The molecule has 0 radical (unpaired) electrons. The molecule has 0 saturated carbocycles. The Hall–Kier alpha value is -2.20. The van der Waals surface area contributed by atoms with Crippen LogP contribution in [0.15, 0.2) is 36.4 Å². The molecule has 2 aromatic carbocycles. The van der Waals surface area contributed by atoms with Crippen molar-refractivity contribution in [3.05, 3.63) is 52.5 Å². The van der Waals surface area contributed by atoms with Gasteiger partial charge in [0.25, 0.3) is 0 Å². The van der Waals surface area contributed by atoms with Crippen LogP contribution in [0.4, 0.5) is 4.79 Å². The molecule has 26 heavy (non-hydrogen) atoms. The molecule has 0 aliphatic carbocycles. The molecule has 1 aliphatic rings. The summed E-state index contributed by atoms with van der Waals surface area (Å²) in [6.45, 7) is 8.90. The number of carbonyl (C=O) groups excluding carboxylic acids is 1. The lowest BCUT2D eigenvalue weighted by Gasteiger charge is -2.26. The van der Waals surface area contributed by atoms with Gasteiger partial charge in [-0.2, -0.15) is 0 Å². The summed E-state index contributed by atoms with van der Waals surface area (Å²) in [5.41, 5.74) is 3.65. The van der Waals surface area contributed by atoms with Crippen LogP contribution in [0.1, 0.15) is 31.9 Å². The lowest BCUT2D eigenvalue weighted by molar-refractivity contribution is 0.0225. The van der Waals surface area contributed by atoms with Crippen molar-refractivity contribution in [2.24, 2.45) is 0 Å². The standard InChI is InChI=1S/C21H24ClNO3/c1-14-7-5-6-8-17(14)15-11-16-13-23(20(24)26-21(2,3)4)9-10-25-19(16)18(22)12-15/h5-8,11-12H,9-10,13H2,1-4H3. The van der Waals surface area contributed by atoms with E-state index in [9.17, 15) is 4.79 Å². The van der Waals surface area contributed by atoms with Crippen LogP contribution in [0.25, 0.3) is 11.1 Å². The minimum Gasteiger partial charge on any atom is -0.490 e. The van der Waals surface area contributed by atoms with Gasteiger partial charge in [0.1, 0.15) is 18.0 Å². The largest absolute Gasteiger partial charge is 0.490 e. The van der Waals surface area contributed by atoms with Crippen LogP contribution in [0, 0.1) is 6.92 Å². The quantitative estimate of drug-likeness (QED) is 0.667. The van der Waals surface area contributed by atoms with Gasteiger partial charge in [0, 0.05) is 5.56 Å². The van der Waals surface area contributed by atoms with E-state index < -0.39 is 5.60 Å². The van der Waals surface area contributed by atoms with Gasteiger partial charge in [-0.25, -0.2) is 4.79 Å². The summed E-state index contributed by atoms with van der Waals surface area (Å²) in [6.07, 6.45) is -0.341. The van der Waals surface area contributed by atoms with Crippen LogP contribution in [0.3, 0.4) is 0 Å². The highest BCUT2D eigenvalue weighted by atomic mass is 35.5. The van der Waals surface area contributed by atoms with E-state index in [4.69, 9.17) is 21.1 Å². The van der Waals surface area contributed by atoms with E-state index in [0.29, 0.717) is 30.5 Å². The topological polar surface area (TPSA) is 38.8 Å². The highest BCUT2D eigenvalue weighted by molar-refractivity contribution is 6.32. The number of hydrogen-bond acceptors (Lipinski definition) is 3. The number of benzene rings is 2. The second kappa shape index (κ2) is 7.20. The van der Waals surface area contributed by atoms with E-state index in [0.717, 1.165) is 16.7 Å². The summed E-state index contributed by atoms with van der Waals surface area (Å²) in [6, 6.07) is 12.1. The van der Waals surface area contributed by atoms with E-state index in [1.165, 1.54) is 5.56 Å². The number of halogens is 1. The highest BCUT2D eigenvalue weighted by Crippen LogP contribution is 2.37. The van der Waals surface area contributed by atoms with Gasteiger partial charge in [0.05, 0.1) is 18.1 Å². The molecule has 3 rings (SSSR count). The van der Waals surface area contributed by atoms with Crippen molar-refractivity contribution in [1.82, 2.24) is 4.90 Å². The molecule has 0 atom stereocenters. The van der Waals surface area contributed by atoms with Crippen molar-refractivity contribution in [3.8, 4) is 16.9 Å². The summed E-state index contributed by atoms with van der Waals surface area (Å²) in [4.78, 5) is 14.1. The van der Waals surface area contributed by atoms with E-state index in [-0.39, 0.29) is 6.09 Å². The zero-order chi connectivity index (χ0) is 18.9. The molecule has 4 nitrogen and oxygen atoms in total. The summed E-state index contributed by atoms with van der Waals surface area (Å²) in [7, 11) is 0. The number of hydrogen-bond donors (Lipinski definition) is 0. The first-order valence-corrected chi connectivity index (χ1v) is 9.11. The molecule has 0 spiro atoms. The van der Waals surface area contributed by atoms with Crippen LogP contribution in [0.2, 0.25) is 5.02 Å². The highest BCUT2D eigenvalue weighted by Gasteiger charge is 2.26. The molecule has 1 heterocycles. The zero-order valence-electron chi connectivity index (χ0n) is 15.6. The monoisotopic (exact) mass is 373 g/mol. The Kier molecular flexibility index (Phi) is 5.15. The molecule has 138 valence electrons. The van der Waals surface area contributed by atoms with Crippen molar-refractivity contribution in [2.75, 3.05) is 13.2 Å². The summed E-state index contributed by atoms with van der Waals surface area (Å²) in [5, 5.41) is 0.562. The Morgan fingerprint density at radius 1 is 1.23 bits per heavy atom. The van der Waals surface area contributed by atoms with Gasteiger partial charge in [-0.15, -0.1) is 0 Å².